The van der Waals surface area contributed by atoms with Gasteiger partial charge in [0.05, 0.1) is 12.0 Å². The second-order valence-electron chi connectivity index (χ2n) is 5.92. The van der Waals surface area contributed by atoms with Crippen LogP contribution >= 0.6 is 0 Å². The number of amides is 1. The standard InChI is InChI=1S/C16H32N2O2/c1-5-8-16(9-10-17-13-16)15(19)18(11-12-20-4)14(6-2)7-3/h14,17H,5-13H2,1-4H3. The molecule has 1 heterocycles. The lowest BCUT2D eigenvalue weighted by atomic mass is 9.80. The first-order valence-electron chi connectivity index (χ1n) is 8.15. The number of hydrogen-bond acceptors (Lipinski definition) is 3. The van der Waals surface area contributed by atoms with Crippen molar-refractivity contribution >= 4 is 5.91 Å². The van der Waals surface area contributed by atoms with E-state index in [0.29, 0.717) is 25.1 Å². The molecule has 1 amide bonds. The Kier molecular flexibility index (Phi) is 7.52. The zero-order valence-corrected chi connectivity index (χ0v) is 13.7. The molecule has 0 saturated carbocycles. The fourth-order valence-electron chi connectivity index (χ4n) is 3.40. The minimum absolute atomic E-state index is 0.176. The van der Waals surface area contributed by atoms with Crippen molar-refractivity contribution in [3.63, 3.8) is 0 Å². The van der Waals surface area contributed by atoms with E-state index in [9.17, 15) is 4.79 Å². The highest BCUT2D eigenvalue weighted by Gasteiger charge is 2.43. The van der Waals surface area contributed by atoms with Crippen LogP contribution in [0.3, 0.4) is 0 Å². The first-order chi connectivity index (χ1) is 9.65. The van der Waals surface area contributed by atoms with Crippen molar-refractivity contribution in [2.24, 2.45) is 5.41 Å². The molecule has 1 aliphatic rings. The maximum Gasteiger partial charge on any atom is 0.230 e. The van der Waals surface area contributed by atoms with Crippen LogP contribution in [0.5, 0.6) is 0 Å². The number of nitrogens with one attached hydrogen (secondary N) is 1. The lowest BCUT2D eigenvalue weighted by Gasteiger charge is -2.38. The monoisotopic (exact) mass is 284 g/mol. The third kappa shape index (κ3) is 3.95. The Hall–Kier alpha value is -0.610. The molecule has 1 saturated heterocycles. The number of methoxy groups -OCH3 is 1. The van der Waals surface area contributed by atoms with Gasteiger partial charge in [-0.15, -0.1) is 0 Å². The van der Waals surface area contributed by atoms with Crippen molar-refractivity contribution in [1.82, 2.24) is 10.2 Å². The summed E-state index contributed by atoms with van der Waals surface area (Å²) in [5, 5.41) is 3.39. The van der Waals surface area contributed by atoms with Crippen molar-refractivity contribution in [2.75, 3.05) is 33.4 Å². The number of carbonyl (C=O) groups excluding carboxylic acids is 1. The van der Waals surface area contributed by atoms with Gasteiger partial charge in [-0.2, -0.15) is 0 Å². The zero-order valence-electron chi connectivity index (χ0n) is 13.7. The van der Waals surface area contributed by atoms with Crippen LogP contribution in [0.25, 0.3) is 0 Å². The van der Waals surface area contributed by atoms with E-state index in [0.717, 1.165) is 45.2 Å². The molecular formula is C16H32N2O2. The van der Waals surface area contributed by atoms with Gasteiger partial charge in [0.25, 0.3) is 0 Å². The Morgan fingerprint density at radius 2 is 2.05 bits per heavy atom. The first kappa shape index (κ1) is 17.4. The van der Waals surface area contributed by atoms with Gasteiger partial charge in [-0.3, -0.25) is 4.79 Å². The van der Waals surface area contributed by atoms with E-state index in [-0.39, 0.29) is 5.41 Å². The quantitative estimate of drug-likeness (QED) is 0.707. The normalized spacial score (nSPS) is 22.4. The Morgan fingerprint density at radius 3 is 2.50 bits per heavy atom. The van der Waals surface area contributed by atoms with E-state index in [1.807, 2.05) is 0 Å². The van der Waals surface area contributed by atoms with Crippen molar-refractivity contribution in [3.8, 4) is 0 Å². The third-order valence-corrected chi connectivity index (χ3v) is 4.61. The van der Waals surface area contributed by atoms with Crippen LogP contribution in [-0.4, -0.2) is 50.2 Å². The van der Waals surface area contributed by atoms with Gasteiger partial charge >= 0.3 is 0 Å². The van der Waals surface area contributed by atoms with Gasteiger partial charge in [0.2, 0.25) is 5.91 Å². The van der Waals surface area contributed by atoms with Crippen molar-refractivity contribution < 1.29 is 9.53 Å². The molecule has 1 aliphatic heterocycles. The van der Waals surface area contributed by atoms with Crippen LogP contribution in [0, 0.1) is 5.41 Å². The van der Waals surface area contributed by atoms with Gasteiger partial charge in [-0.25, -0.2) is 0 Å². The predicted octanol–water partition coefficient (Wildman–Crippen LogP) is 2.43. The highest BCUT2D eigenvalue weighted by atomic mass is 16.5. The molecule has 0 bridgehead atoms. The lowest BCUT2D eigenvalue weighted by molar-refractivity contribution is -0.145. The molecule has 118 valence electrons. The fraction of sp³-hybridized carbons (Fsp3) is 0.938. The highest BCUT2D eigenvalue weighted by Crippen LogP contribution is 2.34. The molecule has 0 aromatic rings. The summed E-state index contributed by atoms with van der Waals surface area (Å²) in [4.78, 5) is 15.2. The maximum atomic E-state index is 13.2. The summed E-state index contributed by atoms with van der Waals surface area (Å²) < 4.78 is 5.21. The van der Waals surface area contributed by atoms with Gasteiger partial charge in [0, 0.05) is 26.2 Å². The summed E-state index contributed by atoms with van der Waals surface area (Å²) >= 11 is 0. The molecule has 1 unspecified atom stereocenters. The van der Waals surface area contributed by atoms with E-state index in [1.165, 1.54) is 0 Å². The molecule has 0 spiro atoms. The predicted molar refractivity (Wildman–Crippen MR) is 82.8 cm³/mol. The summed E-state index contributed by atoms with van der Waals surface area (Å²) in [7, 11) is 1.70. The van der Waals surface area contributed by atoms with Gasteiger partial charge < -0.3 is 15.0 Å². The van der Waals surface area contributed by atoms with E-state index < -0.39 is 0 Å². The van der Waals surface area contributed by atoms with E-state index in [2.05, 4.69) is 31.0 Å². The van der Waals surface area contributed by atoms with Gasteiger partial charge in [-0.05, 0) is 32.2 Å². The minimum atomic E-state index is -0.176. The Bertz CT molecular complexity index is 284. The Labute approximate surface area is 124 Å². The molecule has 0 radical (unpaired) electrons. The van der Waals surface area contributed by atoms with E-state index in [4.69, 9.17) is 4.74 Å². The van der Waals surface area contributed by atoms with Gasteiger partial charge in [-0.1, -0.05) is 27.2 Å². The molecule has 0 aromatic heterocycles. The van der Waals surface area contributed by atoms with Crippen LogP contribution in [0.1, 0.15) is 52.9 Å². The fourth-order valence-corrected chi connectivity index (χ4v) is 3.40. The number of hydrogen-bond donors (Lipinski definition) is 1. The average molecular weight is 284 g/mol. The minimum Gasteiger partial charge on any atom is -0.383 e. The molecule has 0 aromatic carbocycles. The lowest BCUT2D eigenvalue weighted by Crippen LogP contribution is -2.50. The van der Waals surface area contributed by atoms with Crippen LogP contribution in [0.15, 0.2) is 0 Å². The van der Waals surface area contributed by atoms with Crippen LogP contribution in [0.4, 0.5) is 0 Å². The molecule has 20 heavy (non-hydrogen) atoms. The van der Waals surface area contributed by atoms with Crippen LogP contribution < -0.4 is 5.32 Å². The largest absolute Gasteiger partial charge is 0.383 e. The van der Waals surface area contributed by atoms with Crippen molar-refractivity contribution in [2.45, 2.75) is 58.9 Å². The molecule has 4 nitrogen and oxygen atoms in total. The molecule has 1 atom stereocenters. The number of carbonyl (C=O) groups is 1. The molecule has 0 aliphatic carbocycles. The maximum absolute atomic E-state index is 13.2. The molecule has 1 rings (SSSR count). The number of rotatable bonds is 9. The molecule has 4 heteroatoms. The van der Waals surface area contributed by atoms with Gasteiger partial charge in [0.1, 0.15) is 0 Å². The summed E-state index contributed by atoms with van der Waals surface area (Å²) in [6, 6.07) is 0.340. The Balaban J connectivity index is 2.88. The smallest absolute Gasteiger partial charge is 0.230 e. The topological polar surface area (TPSA) is 41.6 Å². The second-order valence-corrected chi connectivity index (χ2v) is 5.92. The highest BCUT2D eigenvalue weighted by molar-refractivity contribution is 5.83. The second kappa shape index (κ2) is 8.63. The summed E-state index contributed by atoms with van der Waals surface area (Å²) in [5.74, 6) is 0.343. The summed E-state index contributed by atoms with van der Waals surface area (Å²) in [6.07, 6.45) is 5.06. The number of nitrogens with zero attached hydrogens (tertiary/aromatic N) is 1. The van der Waals surface area contributed by atoms with Crippen molar-refractivity contribution in [3.05, 3.63) is 0 Å². The SMILES string of the molecule is CCCC1(C(=O)N(CCOC)C(CC)CC)CCNC1. The zero-order chi connectivity index (χ0) is 15.0. The van der Waals surface area contributed by atoms with Crippen LogP contribution in [-0.2, 0) is 9.53 Å². The molecule has 1 N–H and O–H groups in total. The van der Waals surface area contributed by atoms with E-state index >= 15 is 0 Å². The summed E-state index contributed by atoms with van der Waals surface area (Å²) in [6.45, 7) is 9.65. The average Bonchev–Trinajstić information content (AvgIpc) is 2.93. The van der Waals surface area contributed by atoms with Gasteiger partial charge in [0.15, 0.2) is 0 Å². The molecular weight excluding hydrogens is 252 g/mol. The molecule has 1 fully saturated rings. The summed E-state index contributed by atoms with van der Waals surface area (Å²) in [5.41, 5.74) is -0.176. The van der Waals surface area contributed by atoms with Crippen LogP contribution in [0.2, 0.25) is 0 Å². The van der Waals surface area contributed by atoms with Crippen molar-refractivity contribution in [1.29, 1.82) is 0 Å². The van der Waals surface area contributed by atoms with E-state index in [1.54, 1.807) is 7.11 Å². The number of ether oxygens (including phenoxy) is 1. The Morgan fingerprint density at radius 1 is 1.35 bits per heavy atom. The third-order valence-electron chi connectivity index (χ3n) is 4.61. The first-order valence-corrected chi connectivity index (χ1v) is 8.15.